The molecule has 0 rings (SSSR count). The van der Waals surface area contributed by atoms with Gasteiger partial charge in [-0.05, 0) is 6.42 Å². The van der Waals surface area contributed by atoms with E-state index in [4.69, 9.17) is 17.2 Å². The van der Waals surface area contributed by atoms with E-state index in [2.05, 4.69) is 0 Å². The van der Waals surface area contributed by atoms with E-state index in [0.29, 0.717) is 6.42 Å². The first kappa shape index (κ1) is 14.4. The summed E-state index contributed by atoms with van der Waals surface area (Å²) in [4.78, 5) is 34.0. The molecule has 0 aromatic heterocycles. The molecule has 0 fully saturated rings. The van der Waals surface area contributed by atoms with Gasteiger partial charge in [0.25, 0.3) is 0 Å². The van der Waals surface area contributed by atoms with Gasteiger partial charge in [-0.25, -0.2) is 0 Å². The molecule has 1 atom stereocenters. The van der Waals surface area contributed by atoms with Gasteiger partial charge in [0.1, 0.15) is 0 Å². The van der Waals surface area contributed by atoms with Crippen LogP contribution in [0, 0.1) is 0 Å². The Bertz CT molecular complexity index is 264. The first-order valence-corrected chi connectivity index (χ1v) is 4.96. The van der Waals surface area contributed by atoms with Crippen LogP contribution >= 0.6 is 0 Å². The van der Waals surface area contributed by atoms with Gasteiger partial charge in [0.05, 0.1) is 13.1 Å². The summed E-state index contributed by atoms with van der Waals surface area (Å²) in [5.74, 6) is -1.79. The average molecular weight is 230 g/mol. The fourth-order valence-corrected chi connectivity index (χ4v) is 1.11. The summed E-state index contributed by atoms with van der Waals surface area (Å²) >= 11 is 0. The summed E-state index contributed by atoms with van der Waals surface area (Å²) in [5, 5.41) is 0. The summed E-state index contributed by atoms with van der Waals surface area (Å²) in [6, 6.07) is -0.296. The number of rotatable bonds is 7. The molecule has 0 radical (unpaired) electrons. The van der Waals surface area contributed by atoms with Gasteiger partial charge in [-0.3, -0.25) is 14.4 Å². The maximum Gasteiger partial charge on any atom is 0.237 e. The molecule has 0 aliphatic rings. The van der Waals surface area contributed by atoms with Crippen LogP contribution in [0.5, 0.6) is 0 Å². The first-order valence-electron chi connectivity index (χ1n) is 4.96. The molecule has 3 amide bonds. The van der Waals surface area contributed by atoms with Gasteiger partial charge >= 0.3 is 0 Å². The van der Waals surface area contributed by atoms with E-state index in [1.165, 1.54) is 0 Å². The molecule has 7 nitrogen and oxygen atoms in total. The number of carbonyl (C=O) groups excluding carboxylic acids is 3. The van der Waals surface area contributed by atoms with E-state index < -0.39 is 17.7 Å². The van der Waals surface area contributed by atoms with E-state index in [1.807, 2.05) is 6.92 Å². The highest BCUT2D eigenvalue weighted by molar-refractivity contribution is 5.88. The van der Waals surface area contributed by atoms with Crippen molar-refractivity contribution in [3.05, 3.63) is 0 Å². The summed E-state index contributed by atoms with van der Waals surface area (Å²) in [6.45, 7) is 1.20. The summed E-state index contributed by atoms with van der Waals surface area (Å²) < 4.78 is 0. The lowest BCUT2D eigenvalue weighted by Crippen LogP contribution is -2.44. The topological polar surface area (TPSA) is 133 Å². The minimum atomic E-state index is -0.695. The monoisotopic (exact) mass is 230 g/mol. The second-order valence-corrected chi connectivity index (χ2v) is 3.55. The van der Waals surface area contributed by atoms with Crippen LogP contribution in [0.3, 0.4) is 0 Å². The average Bonchev–Trinajstić information content (AvgIpc) is 2.15. The molecule has 7 heteroatoms. The van der Waals surface area contributed by atoms with Crippen LogP contribution in [-0.4, -0.2) is 41.8 Å². The zero-order chi connectivity index (χ0) is 12.7. The molecule has 1 unspecified atom stereocenters. The summed E-state index contributed by atoms with van der Waals surface area (Å²) in [7, 11) is 0. The van der Waals surface area contributed by atoms with Gasteiger partial charge in [0, 0.05) is 12.5 Å². The van der Waals surface area contributed by atoms with Crippen molar-refractivity contribution >= 4 is 17.7 Å². The van der Waals surface area contributed by atoms with E-state index >= 15 is 0 Å². The number of hydrogen-bond acceptors (Lipinski definition) is 4. The van der Waals surface area contributed by atoms with Crippen molar-refractivity contribution in [3.8, 4) is 0 Å². The minimum Gasteiger partial charge on any atom is -0.368 e. The largest absolute Gasteiger partial charge is 0.368 e. The van der Waals surface area contributed by atoms with Gasteiger partial charge in [-0.2, -0.15) is 0 Å². The Kier molecular flexibility index (Phi) is 6.09. The van der Waals surface area contributed by atoms with Crippen LogP contribution in [-0.2, 0) is 14.4 Å². The van der Waals surface area contributed by atoms with Gasteiger partial charge in [-0.15, -0.1) is 0 Å². The van der Waals surface area contributed by atoms with Crippen LogP contribution < -0.4 is 17.2 Å². The third-order valence-corrected chi connectivity index (χ3v) is 2.01. The molecule has 0 spiro atoms. The van der Waals surface area contributed by atoms with Crippen molar-refractivity contribution in [1.29, 1.82) is 0 Å². The van der Waals surface area contributed by atoms with Crippen LogP contribution in [0.2, 0.25) is 0 Å². The lowest BCUT2D eigenvalue weighted by Gasteiger charge is -2.20. The Labute approximate surface area is 93.9 Å². The molecule has 0 aliphatic carbocycles. The molecule has 0 bridgehead atoms. The standard InChI is InChI=1S/C9H18N4O3/c1-2-6(10)3-9(16)13(4-7(11)14)5-8(12)15/h6H,2-5,10H2,1H3,(H2,11,14)(H2,12,15). The maximum atomic E-state index is 11.6. The second kappa shape index (κ2) is 6.78. The number of nitrogens with zero attached hydrogens (tertiary/aromatic N) is 1. The third-order valence-electron chi connectivity index (χ3n) is 2.01. The van der Waals surface area contributed by atoms with Crippen molar-refractivity contribution in [1.82, 2.24) is 4.90 Å². The van der Waals surface area contributed by atoms with E-state index in [9.17, 15) is 14.4 Å². The van der Waals surface area contributed by atoms with Gasteiger partial charge in [-0.1, -0.05) is 6.92 Å². The number of amides is 3. The zero-order valence-electron chi connectivity index (χ0n) is 9.31. The van der Waals surface area contributed by atoms with Crippen molar-refractivity contribution in [2.75, 3.05) is 13.1 Å². The molecular weight excluding hydrogens is 212 g/mol. The predicted octanol–water partition coefficient (Wildman–Crippen LogP) is -2.09. The Morgan fingerprint density at radius 3 is 1.88 bits per heavy atom. The van der Waals surface area contributed by atoms with E-state index in [-0.39, 0.29) is 25.6 Å². The molecule has 92 valence electrons. The third kappa shape index (κ3) is 5.97. The highest BCUT2D eigenvalue weighted by Gasteiger charge is 2.19. The molecule has 0 aliphatic heterocycles. The fourth-order valence-electron chi connectivity index (χ4n) is 1.11. The first-order chi connectivity index (χ1) is 7.36. The molecule has 16 heavy (non-hydrogen) atoms. The quantitative estimate of drug-likeness (QED) is 0.462. The molecule has 0 saturated heterocycles. The van der Waals surface area contributed by atoms with Gasteiger partial charge < -0.3 is 22.1 Å². The minimum absolute atomic E-state index is 0.0665. The van der Waals surface area contributed by atoms with Crippen molar-refractivity contribution in [2.24, 2.45) is 17.2 Å². The predicted molar refractivity (Wildman–Crippen MR) is 57.9 cm³/mol. The van der Waals surface area contributed by atoms with Crippen LogP contribution in [0.25, 0.3) is 0 Å². The van der Waals surface area contributed by atoms with E-state index in [1.54, 1.807) is 0 Å². The normalized spacial score (nSPS) is 11.9. The number of hydrogen-bond donors (Lipinski definition) is 3. The van der Waals surface area contributed by atoms with E-state index in [0.717, 1.165) is 4.90 Å². The molecule has 0 heterocycles. The lowest BCUT2D eigenvalue weighted by atomic mass is 10.1. The SMILES string of the molecule is CCC(N)CC(=O)N(CC(N)=O)CC(N)=O. The van der Waals surface area contributed by atoms with Crippen molar-refractivity contribution in [3.63, 3.8) is 0 Å². The molecule has 0 aromatic rings. The molecule has 0 aromatic carbocycles. The van der Waals surface area contributed by atoms with Crippen molar-refractivity contribution < 1.29 is 14.4 Å². The van der Waals surface area contributed by atoms with Crippen molar-refractivity contribution in [2.45, 2.75) is 25.8 Å². The number of carbonyl (C=O) groups is 3. The smallest absolute Gasteiger partial charge is 0.237 e. The summed E-state index contributed by atoms with van der Waals surface area (Å²) in [6.07, 6.45) is 0.698. The van der Waals surface area contributed by atoms with Gasteiger partial charge in [0.2, 0.25) is 17.7 Å². The molecule has 0 saturated carbocycles. The Hall–Kier alpha value is -1.63. The fraction of sp³-hybridized carbons (Fsp3) is 0.667. The Morgan fingerprint density at radius 1 is 1.12 bits per heavy atom. The second-order valence-electron chi connectivity index (χ2n) is 3.55. The summed E-state index contributed by atoms with van der Waals surface area (Å²) in [5.41, 5.74) is 15.5. The molecular formula is C9H18N4O3. The maximum absolute atomic E-state index is 11.6. The van der Waals surface area contributed by atoms with Crippen LogP contribution in [0.4, 0.5) is 0 Å². The Morgan fingerprint density at radius 2 is 1.56 bits per heavy atom. The highest BCUT2D eigenvalue weighted by atomic mass is 16.2. The lowest BCUT2D eigenvalue weighted by molar-refractivity contribution is -0.138. The Balaban J connectivity index is 4.42. The van der Waals surface area contributed by atoms with Crippen LogP contribution in [0.1, 0.15) is 19.8 Å². The number of nitrogens with two attached hydrogens (primary N) is 3. The van der Waals surface area contributed by atoms with Crippen LogP contribution in [0.15, 0.2) is 0 Å². The highest BCUT2D eigenvalue weighted by Crippen LogP contribution is 1.99. The van der Waals surface area contributed by atoms with Gasteiger partial charge in [0.15, 0.2) is 0 Å². The molecule has 6 N–H and O–H groups in total. The number of primary amides is 2. The zero-order valence-corrected chi connectivity index (χ0v) is 9.31.